The van der Waals surface area contributed by atoms with Crippen molar-refractivity contribution in [1.82, 2.24) is 0 Å². The van der Waals surface area contributed by atoms with Gasteiger partial charge >= 0.3 is 5.97 Å². The number of hydrogen-bond donors (Lipinski definition) is 3. The van der Waals surface area contributed by atoms with E-state index in [1.807, 2.05) is 6.08 Å². The van der Waals surface area contributed by atoms with E-state index < -0.39 is 18.1 Å². The molecule has 0 saturated carbocycles. The van der Waals surface area contributed by atoms with E-state index in [-0.39, 0.29) is 0 Å². The summed E-state index contributed by atoms with van der Waals surface area (Å²) in [6, 6.07) is -0.855. The third-order valence-corrected chi connectivity index (χ3v) is 1.93. The van der Waals surface area contributed by atoms with Crippen LogP contribution >= 0.6 is 0 Å². The molecule has 0 aromatic carbocycles. The highest BCUT2D eigenvalue weighted by Crippen LogP contribution is 2.14. The van der Waals surface area contributed by atoms with Crippen LogP contribution in [0, 0.1) is 0 Å². The van der Waals surface area contributed by atoms with Gasteiger partial charge in [0.1, 0.15) is 6.04 Å². The normalized spacial score (nSPS) is 23.8. The van der Waals surface area contributed by atoms with Gasteiger partial charge in [-0.3, -0.25) is 4.79 Å². The number of carboxylic acids is 1. The number of aliphatic hydroxyl groups excluding tert-OH is 1. The van der Waals surface area contributed by atoms with Crippen molar-refractivity contribution in [2.45, 2.75) is 25.0 Å². The predicted molar refractivity (Wildman–Crippen MR) is 48.1 cm³/mol. The first-order valence-electron chi connectivity index (χ1n) is 4.13. The van der Waals surface area contributed by atoms with E-state index in [1.165, 1.54) is 0 Å². The highest BCUT2D eigenvalue weighted by atomic mass is 16.4. The van der Waals surface area contributed by atoms with Crippen LogP contribution in [0.3, 0.4) is 0 Å². The van der Waals surface area contributed by atoms with Crippen LogP contribution < -0.4 is 5.73 Å². The van der Waals surface area contributed by atoms with Crippen molar-refractivity contribution in [3.8, 4) is 0 Å². The Balaban J connectivity index is 2.47. The molecule has 0 radical (unpaired) electrons. The molecular formula is C9H13NO3. The number of hydrogen-bond acceptors (Lipinski definition) is 3. The number of rotatable bonds is 3. The van der Waals surface area contributed by atoms with Crippen LogP contribution in [-0.2, 0) is 4.79 Å². The second kappa shape index (κ2) is 4.20. The lowest BCUT2D eigenvalue weighted by molar-refractivity contribution is -0.138. The standard InChI is InChI=1S/C9H13NO3/c10-8(9(12)13)5-6-1-3-7(11)4-2-6/h1-3,7-8,11H,4-5,10H2,(H,12,13). The van der Waals surface area contributed by atoms with E-state index in [9.17, 15) is 4.79 Å². The van der Waals surface area contributed by atoms with Crippen molar-refractivity contribution in [3.63, 3.8) is 0 Å². The third kappa shape index (κ3) is 3.01. The van der Waals surface area contributed by atoms with Crippen molar-refractivity contribution in [2.24, 2.45) is 5.73 Å². The first kappa shape index (κ1) is 9.95. The first-order chi connectivity index (χ1) is 6.09. The Morgan fingerprint density at radius 3 is 2.92 bits per heavy atom. The molecule has 4 nitrogen and oxygen atoms in total. The zero-order chi connectivity index (χ0) is 9.84. The molecule has 0 fully saturated rings. The fourth-order valence-electron chi connectivity index (χ4n) is 1.15. The van der Waals surface area contributed by atoms with Gasteiger partial charge in [0.25, 0.3) is 0 Å². The maximum Gasteiger partial charge on any atom is 0.320 e. The smallest absolute Gasteiger partial charge is 0.320 e. The summed E-state index contributed by atoms with van der Waals surface area (Å²) in [5.41, 5.74) is 6.22. The predicted octanol–water partition coefficient (Wildman–Crippen LogP) is 0.0356. The summed E-state index contributed by atoms with van der Waals surface area (Å²) in [6.07, 6.45) is 5.59. The molecule has 2 atom stereocenters. The van der Waals surface area contributed by atoms with E-state index >= 15 is 0 Å². The van der Waals surface area contributed by atoms with Crippen LogP contribution in [0.25, 0.3) is 0 Å². The Morgan fingerprint density at radius 2 is 2.46 bits per heavy atom. The monoisotopic (exact) mass is 183 g/mol. The van der Waals surface area contributed by atoms with Crippen LogP contribution in [-0.4, -0.2) is 28.3 Å². The Morgan fingerprint density at radius 1 is 1.77 bits per heavy atom. The molecule has 13 heavy (non-hydrogen) atoms. The van der Waals surface area contributed by atoms with Crippen LogP contribution in [0.2, 0.25) is 0 Å². The van der Waals surface area contributed by atoms with Gasteiger partial charge in [-0.25, -0.2) is 0 Å². The van der Waals surface area contributed by atoms with E-state index in [1.54, 1.807) is 12.2 Å². The summed E-state index contributed by atoms with van der Waals surface area (Å²) in [4.78, 5) is 10.4. The maximum absolute atomic E-state index is 10.4. The summed E-state index contributed by atoms with van der Waals surface area (Å²) >= 11 is 0. The van der Waals surface area contributed by atoms with Crippen molar-refractivity contribution in [1.29, 1.82) is 0 Å². The quantitative estimate of drug-likeness (QED) is 0.576. The van der Waals surface area contributed by atoms with Gasteiger partial charge in [-0.1, -0.05) is 18.2 Å². The number of nitrogens with two attached hydrogens (primary N) is 1. The fourth-order valence-corrected chi connectivity index (χ4v) is 1.15. The minimum absolute atomic E-state index is 0.318. The molecule has 0 spiro atoms. The third-order valence-electron chi connectivity index (χ3n) is 1.93. The maximum atomic E-state index is 10.4. The van der Waals surface area contributed by atoms with Crippen LogP contribution in [0.15, 0.2) is 23.8 Å². The van der Waals surface area contributed by atoms with Gasteiger partial charge in [0.15, 0.2) is 0 Å². The minimum atomic E-state index is -1.000. The first-order valence-corrected chi connectivity index (χ1v) is 4.13. The zero-order valence-electron chi connectivity index (χ0n) is 7.18. The van der Waals surface area contributed by atoms with Crippen LogP contribution in [0.5, 0.6) is 0 Å². The lowest BCUT2D eigenvalue weighted by Crippen LogP contribution is -2.30. The average molecular weight is 183 g/mol. The SMILES string of the molecule is NC(CC1=CCC(O)C=C1)C(=O)O. The molecular weight excluding hydrogens is 170 g/mol. The molecule has 0 heterocycles. The van der Waals surface area contributed by atoms with Gasteiger partial charge in [0, 0.05) is 0 Å². The molecule has 0 aromatic heterocycles. The number of carboxylic acid groups (broad SMARTS) is 1. The lowest BCUT2D eigenvalue weighted by atomic mass is 9.99. The molecule has 1 aliphatic rings. The fraction of sp³-hybridized carbons (Fsp3) is 0.444. The summed E-state index contributed by atoms with van der Waals surface area (Å²) in [5, 5.41) is 17.6. The van der Waals surface area contributed by atoms with E-state index in [4.69, 9.17) is 15.9 Å². The zero-order valence-corrected chi connectivity index (χ0v) is 7.18. The van der Waals surface area contributed by atoms with Crippen molar-refractivity contribution >= 4 is 5.97 Å². The van der Waals surface area contributed by atoms with Crippen molar-refractivity contribution in [3.05, 3.63) is 23.8 Å². The van der Waals surface area contributed by atoms with Crippen LogP contribution in [0.1, 0.15) is 12.8 Å². The second-order valence-electron chi connectivity index (χ2n) is 3.09. The minimum Gasteiger partial charge on any atom is -0.480 e. The van der Waals surface area contributed by atoms with E-state index in [0.717, 1.165) is 5.57 Å². The van der Waals surface area contributed by atoms with Gasteiger partial charge in [-0.2, -0.15) is 0 Å². The van der Waals surface area contributed by atoms with Gasteiger partial charge in [-0.05, 0) is 18.4 Å². The Labute approximate surface area is 76.4 Å². The molecule has 4 heteroatoms. The lowest BCUT2D eigenvalue weighted by Gasteiger charge is -2.12. The molecule has 0 aromatic rings. The number of aliphatic hydroxyl groups is 1. The molecule has 1 rings (SSSR count). The van der Waals surface area contributed by atoms with E-state index in [0.29, 0.717) is 12.8 Å². The Kier molecular flexibility index (Phi) is 3.22. The molecule has 2 unspecified atom stereocenters. The van der Waals surface area contributed by atoms with Crippen molar-refractivity contribution in [2.75, 3.05) is 0 Å². The molecule has 0 bridgehead atoms. The molecule has 0 amide bonds. The van der Waals surface area contributed by atoms with Gasteiger partial charge in [-0.15, -0.1) is 0 Å². The molecule has 4 N–H and O–H groups in total. The van der Waals surface area contributed by atoms with Gasteiger partial charge in [0.2, 0.25) is 0 Å². The highest BCUT2D eigenvalue weighted by Gasteiger charge is 2.14. The molecule has 1 aliphatic carbocycles. The Hall–Kier alpha value is -1.13. The van der Waals surface area contributed by atoms with Gasteiger partial charge < -0.3 is 15.9 Å². The number of carbonyl (C=O) groups is 1. The number of allylic oxidation sites excluding steroid dienone is 1. The van der Waals surface area contributed by atoms with Gasteiger partial charge in [0.05, 0.1) is 6.10 Å². The highest BCUT2D eigenvalue weighted by molar-refractivity contribution is 5.73. The summed E-state index contributed by atoms with van der Waals surface area (Å²) in [6.45, 7) is 0. The second-order valence-corrected chi connectivity index (χ2v) is 3.09. The summed E-state index contributed by atoms with van der Waals surface area (Å²) in [5.74, 6) is -1.000. The van der Waals surface area contributed by atoms with Crippen molar-refractivity contribution < 1.29 is 15.0 Å². The summed E-state index contributed by atoms with van der Waals surface area (Å²) in [7, 11) is 0. The van der Waals surface area contributed by atoms with Crippen LogP contribution in [0.4, 0.5) is 0 Å². The molecule has 0 aliphatic heterocycles. The molecule has 72 valence electrons. The number of aliphatic carboxylic acids is 1. The van der Waals surface area contributed by atoms with E-state index in [2.05, 4.69) is 0 Å². The summed E-state index contributed by atoms with van der Waals surface area (Å²) < 4.78 is 0. The molecule has 0 saturated heterocycles. The Bertz CT molecular complexity index is 258. The average Bonchev–Trinajstić information content (AvgIpc) is 2.08. The largest absolute Gasteiger partial charge is 0.480 e. The topological polar surface area (TPSA) is 83.5 Å².